The van der Waals surface area contributed by atoms with Crippen molar-refractivity contribution < 1.29 is 18.5 Å². The van der Waals surface area contributed by atoms with Crippen molar-refractivity contribution in [3.05, 3.63) is 33.9 Å². The molecule has 19 heavy (non-hydrogen) atoms. The second-order valence-corrected chi connectivity index (χ2v) is 4.84. The lowest BCUT2D eigenvalue weighted by atomic mass is 10.1. The largest absolute Gasteiger partial charge is 0.333 e. The Kier molecular flexibility index (Phi) is 4.03. The molecule has 104 valence electrons. The molecule has 0 aliphatic rings. The van der Waals surface area contributed by atoms with Crippen molar-refractivity contribution in [1.29, 1.82) is 0 Å². The van der Waals surface area contributed by atoms with Crippen LogP contribution < -0.4 is 10.6 Å². The van der Waals surface area contributed by atoms with Gasteiger partial charge >= 0.3 is 6.03 Å². The van der Waals surface area contributed by atoms with Crippen molar-refractivity contribution in [2.45, 2.75) is 26.3 Å². The molecule has 0 aliphatic carbocycles. The Morgan fingerprint density at radius 3 is 2.37 bits per heavy atom. The number of amides is 2. The highest BCUT2D eigenvalue weighted by Crippen LogP contribution is 2.29. The van der Waals surface area contributed by atoms with E-state index in [1.165, 1.54) is 0 Å². The number of halogens is 2. The Morgan fingerprint density at radius 2 is 1.89 bits per heavy atom. The molecule has 0 saturated carbocycles. The van der Waals surface area contributed by atoms with E-state index in [0.717, 1.165) is 6.07 Å². The van der Waals surface area contributed by atoms with Gasteiger partial charge in [0.05, 0.1) is 4.92 Å². The number of rotatable bonds is 2. The summed E-state index contributed by atoms with van der Waals surface area (Å²) >= 11 is 0. The first-order valence-corrected chi connectivity index (χ1v) is 5.33. The van der Waals surface area contributed by atoms with Gasteiger partial charge < -0.3 is 5.32 Å². The van der Waals surface area contributed by atoms with E-state index < -0.39 is 39.5 Å². The third-order valence-corrected chi connectivity index (χ3v) is 2.00. The second-order valence-electron chi connectivity index (χ2n) is 4.84. The fourth-order valence-corrected chi connectivity index (χ4v) is 1.30. The molecule has 2 amide bonds. The first-order chi connectivity index (χ1) is 8.61. The van der Waals surface area contributed by atoms with Crippen LogP contribution >= 0.6 is 0 Å². The van der Waals surface area contributed by atoms with Crippen molar-refractivity contribution in [2.75, 3.05) is 5.32 Å². The van der Waals surface area contributed by atoms with Gasteiger partial charge in [0.2, 0.25) is 0 Å². The van der Waals surface area contributed by atoms with Gasteiger partial charge in [-0.3, -0.25) is 15.4 Å². The van der Waals surface area contributed by atoms with Crippen molar-refractivity contribution in [3.63, 3.8) is 0 Å². The van der Waals surface area contributed by atoms with Crippen LogP contribution in [0, 0.1) is 21.7 Å². The van der Waals surface area contributed by atoms with Crippen LogP contribution in [-0.4, -0.2) is 16.5 Å². The molecule has 2 N–H and O–H groups in total. The highest BCUT2D eigenvalue weighted by Gasteiger charge is 2.24. The number of nitro benzene ring substituents is 1. The maximum atomic E-state index is 13.5. The summed E-state index contributed by atoms with van der Waals surface area (Å²) in [6, 6.07) is 0.547. The summed E-state index contributed by atoms with van der Waals surface area (Å²) in [5.41, 5.74) is -2.14. The molecule has 0 atom stereocenters. The molecule has 0 heterocycles. The van der Waals surface area contributed by atoms with E-state index in [2.05, 4.69) is 5.32 Å². The predicted molar refractivity (Wildman–Crippen MR) is 64.9 cm³/mol. The van der Waals surface area contributed by atoms with E-state index in [4.69, 9.17) is 0 Å². The quantitative estimate of drug-likeness (QED) is 0.641. The summed E-state index contributed by atoms with van der Waals surface area (Å²) in [6.45, 7) is 5.01. The van der Waals surface area contributed by atoms with E-state index in [9.17, 15) is 23.7 Å². The highest BCUT2D eigenvalue weighted by atomic mass is 19.2. The standard InChI is InChI=1S/C11H13F2N3O3/c1-11(2,3)15-10(17)14-9-7(16(18)19)5-4-6(12)8(9)13/h4-5H,1-3H3,(H2,14,15,17). The molecule has 1 aromatic carbocycles. The molecule has 0 aliphatic heterocycles. The number of nitrogens with zero attached hydrogens (tertiary/aromatic N) is 1. The molecule has 0 radical (unpaired) electrons. The van der Waals surface area contributed by atoms with Crippen molar-refractivity contribution >= 4 is 17.4 Å². The van der Waals surface area contributed by atoms with E-state index in [-0.39, 0.29) is 0 Å². The smallest absolute Gasteiger partial charge is 0.319 e. The maximum absolute atomic E-state index is 13.5. The van der Waals surface area contributed by atoms with Gasteiger partial charge in [-0.1, -0.05) is 0 Å². The van der Waals surface area contributed by atoms with Crippen molar-refractivity contribution in [2.24, 2.45) is 0 Å². The number of carbonyl (C=O) groups excluding carboxylic acids is 1. The Labute approximate surface area is 108 Å². The monoisotopic (exact) mass is 273 g/mol. The Bertz CT molecular complexity index is 527. The lowest BCUT2D eigenvalue weighted by Crippen LogP contribution is -2.43. The third kappa shape index (κ3) is 3.87. The molecular weight excluding hydrogens is 260 g/mol. The number of anilines is 1. The molecule has 0 spiro atoms. The van der Waals surface area contributed by atoms with Crippen LogP contribution in [-0.2, 0) is 0 Å². The number of nitro groups is 1. The molecule has 0 saturated heterocycles. The van der Waals surface area contributed by atoms with Crippen LogP contribution in [0.1, 0.15) is 20.8 Å². The van der Waals surface area contributed by atoms with E-state index in [1.54, 1.807) is 20.8 Å². The van der Waals surface area contributed by atoms with E-state index in [1.807, 2.05) is 5.32 Å². The zero-order valence-electron chi connectivity index (χ0n) is 10.6. The molecule has 0 unspecified atom stereocenters. The number of hydrogen-bond acceptors (Lipinski definition) is 3. The third-order valence-electron chi connectivity index (χ3n) is 2.00. The van der Waals surface area contributed by atoms with Gasteiger partial charge in [-0.2, -0.15) is 0 Å². The highest BCUT2D eigenvalue weighted by molar-refractivity contribution is 5.92. The van der Waals surface area contributed by atoms with Gasteiger partial charge in [0.1, 0.15) is 0 Å². The Balaban J connectivity index is 3.09. The SMILES string of the molecule is CC(C)(C)NC(=O)Nc1c([N+](=O)[O-])ccc(F)c1F. The minimum Gasteiger partial charge on any atom is -0.333 e. The van der Waals surface area contributed by atoms with E-state index >= 15 is 0 Å². The lowest BCUT2D eigenvalue weighted by molar-refractivity contribution is -0.384. The van der Waals surface area contributed by atoms with Crippen LogP contribution in [0.2, 0.25) is 0 Å². The first-order valence-electron chi connectivity index (χ1n) is 5.33. The first kappa shape index (κ1) is 14.8. The van der Waals surface area contributed by atoms with Crippen LogP contribution in [0.15, 0.2) is 12.1 Å². The van der Waals surface area contributed by atoms with Gasteiger partial charge in [-0.05, 0) is 26.8 Å². The van der Waals surface area contributed by atoms with Crippen molar-refractivity contribution in [3.8, 4) is 0 Å². The molecule has 1 rings (SSSR count). The number of carbonyl (C=O) groups is 1. The Morgan fingerprint density at radius 1 is 1.32 bits per heavy atom. The van der Waals surface area contributed by atoms with Crippen LogP contribution in [0.4, 0.5) is 25.0 Å². The molecular formula is C11H13F2N3O3. The fourth-order valence-electron chi connectivity index (χ4n) is 1.30. The van der Waals surface area contributed by atoms with Gasteiger partial charge in [-0.25, -0.2) is 13.6 Å². The summed E-state index contributed by atoms with van der Waals surface area (Å²) < 4.78 is 26.5. The molecule has 1 aromatic rings. The molecule has 6 nitrogen and oxygen atoms in total. The van der Waals surface area contributed by atoms with Gasteiger partial charge in [0, 0.05) is 11.6 Å². The molecule has 8 heteroatoms. The number of hydrogen-bond donors (Lipinski definition) is 2. The summed E-state index contributed by atoms with van der Waals surface area (Å²) in [6.07, 6.45) is 0. The number of benzene rings is 1. The topological polar surface area (TPSA) is 84.3 Å². The summed E-state index contributed by atoms with van der Waals surface area (Å²) in [5, 5.41) is 15.1. The molecule has 0 fully saturated rings. The molecule has 0 bridgehead atoms. The van der Waals surface area contributed by atoms with Crippen molar-refractivity contribution in [1.82, 2.24) is 5.32 Å². The summed E-state index contributed by atoms with van der Waals surface area (Å²) in [4.78, 5) is 21.3. The minimum atomic E-state index is -1.47. The second kappa shape index (κ2) is 5.17. The van der Waals surface area contributed by atoms with Crippen LogP contribution in [0.25, 0.3) is 0 Å². The zero-order valence-corrected chi connectivity index (χ0v) is 10.6. The zero-order chi connectivity index (χ0) is 14.8. The van der Waals surface area contributed by atoms with Gasteiger partial charge in [-0.15, -0.1) is 0 Å². The maximum Gasteiger partial charge on any atom is 0.319 e. The fraction of sp³-hybridized carbons (Fsp3) is 0.364. The average molecular weight is 273 g/mol. The lowest BCUT2D eigenvalue weighted by Gasteiger charge is -2.20. The van der Waals surface area contributed by atoms with Gasteiger partial charge in [0.15, 0.2) is 17.3 Å². The predicted octanol–water partition coefficient (Wildman–Crippen LogP) is 2.79. The number of nitrogens with one attached hydrogen (secondary N) is 2. The van der Waals surface area contributed by atoms with E-state index in [0.29, 0.717) is 6.07 Å². The Hall–Kier alpha value is -2.25. The number of urea groups is 1. The van der Waals surface area contributed by atoms with Crippen LogP contribution in [0.3, 0.4) is 0 Å². The average Bonchev–Trinajstić information content (AvgIpc) is 2.21. The summed E-state index contributed by atoms with van der Waals surface area (Å²) in [7, 11) is 0. The normalized spacial score (nSPS) is 11.0. The van der Waals surface area contributed by atoms with Gasteiger partial charge in [0.25, 0.3) is 5.69 Å². The minimum absolute atomic E-state index is 0.622. The van der Waals surface area contributed by atoms with Crippen LogP contribution in [0.5, 0.6) is 0 Å². The summed E-state index contributed by atoms with van der Waals surface area (Å²) in [5.74, 6) is -2.75. The molecule has 0 aromatic heterocycles.